The molecule has 3 amide bonds. The Labute approximate surface area is 149 Å². The summed E-state index contributed by atoms with van der Waals surface area (Å²) in [6.45, 7) is 0.597. The van der Waals surface area contributed by atoms with E-state index in [0.717, 1.165) is 38.5 Å². The lowest BCUT2D eigenvalue weighted by molar-refractivity contribution is -0.142. The van der Waals surface area contributed by atoms with E-state index in [1.54, 1.807) is 0 Å². The zero-order valence-electron chi connectivity index (χ0n) is 14.9. The van der Waals surface area contributed by atoms with Gasteiger partial charge in [-0.25, -0.2) is 9.59 Å². The number of urea groups is 1. The molecule has 0 radical (unpaired) electrons. The monoisotopic (exact) mass is 353 g/mol. The SMILES string of the molecule is O=C(CCCCCNC(=O)NC1CCCCC1)NC(C(=O)O)C1CC1. The molecule has 2 rings (SSSR count). The molecule has 0 aromatic rings. The van der Waals surface area contributed by atoms with Gasteiger partial charge in [-0.2, -0.15) is 0 Å². The number of aliphatic carboxylic acids is 1. The number of carboxylic acids is 1. The molecule has 2 aliphatic rings. The molecule has 0 heterocycles. The van der Waals surface area contributed by atoms with Crippen LogP contribution in [0, 0.1) is 5.92 Å². The molecule has 0 spiro atoms. The van der Waals surface area contributed by atoms with E-state index in [2.05, 4.69) is 16.0 Å². The van der Waals surface area contributed by atoms with E-state index in [1.807, 2.05) is 0 Å². The van der Waals surface area contributed by atoms with E-state index in [0.29, 0.717) is 25.4 Å². The van der Waals surface area contributed by atoms with Crippen molar-refractivity contribution in [3.8, 4) is 0 Å². The summed E-state index contributed by atoms with van der Waals surface area (Å²) in [7, 11) is 0. The maximum absolute atomic E-state index is 11.8. The first kappa shape index (κ1) is 19.5. The summed E-state index contributed by atoms with van der Waals surface area (Å²) in [6, 6.07) is -0.512. The van der Waals surface area contributed by atoms with Crippen LogP contribution in [0.4, 0.5) is 4.79 Å². The molecule has 0 aromatic carbocycles. The highest BCUT2D eigenvalue weighted by Crippen LogP contribution is 2.32. The van der Waals surface area contributed by atoms with Crippen molar-refractivity contribution in [1.82, 2.24) is 16.0 Å². The van der Waals surface area contributed by atoms with E-state index in [4.69, 9.17) is 5.11 Å². The molecule has 142 valence electrons. The average molecular weight is 353 g/mol. The topological polar surface area (TPSA) is 108 Å². The van der Waals surface area contributed by atoms with Gasteiger partial charge in [0.05, 0.1) is 0 Å². The molecule has 7 heteroatoms. The van der Waals surface area contributed by atoms with Crippen molar-refractivity contribution in [1.29, 1.82) is 0 Å². The van der Waals surface area contributed by atoms with Crippen LogP contribution in [0.3, 0.4) is 0 Å². The highest BCUT2D eigenvalue weighted by atomic mass is 16.4. The van der Waals surface area contributed by atoms with Crippen LogP contribution < -0.4 is 16.0 Å². The van der Waals surface area contributed by atoms with Gasteiger partial charge in [0.2, 0.25) is 5.91 Å². The Balaban J connectivity index is 1.46. The van der Waals surface area contributed by atoms with Crippen LogP contribution in [0.1, 0.15) is 70.6 Å². The fourth-order valence-electron chi connectivity index (χ4n) is 3.33. The number of hydrogen-bond donors (Lipinski definition) is 4. The molecular formula is C18H31N3O4. The molecule has 2 saturated carbocycles. The third-order valence-corrected chi connectivity index (χ3v) is 4.98. The van der Waals surface area contributed by atoms with Gasteiger partial charge in [0, 0.05) is 19.0 Å². The van der Waals surface area contributed by atoms with Crippen molar-refractivity contribution in [3.63, 3.8) is 0 Å². The lowest BCUT2D eigenvalue weighted by atomic mass is 9.96. The van der Waals surface area contributed by atoms with Crippen molar-refractivity contribution in [2.75, 3.05) is 6.54 Å². The number of nitrogens with one attached hydrogen (secondary N) is 3. The second-order valence-electron chi connectivity index (χ2n) is 7.27. The van der Waals surface area contributed by atoms with E-state index in [1.165, 1.54) is 19.3 Å². The predicted octanol–water partition coefficient (Wildman–Crippen LogP) is 2.16. The number of rotatable bonds is 10. The van der Waals surface area contributed by atoms with Crippen molar-refractivity contribution < 1.29 is 19.5 Å². The van der Waals surface area contributed by atoms with Crippen LogP contribution in [-0.4, -0.2) is 41.6 Å². The van der Waals surface area contributed by atoms with Gasteiger partial charge in [-0.05, 0) is 44.4 Å². The van der Waals surface area contributed by atoms with E-state index in [-0.39, 0.29) is 17.9 Å². The zero-order valence-corrected chi connectivity index (χ0v) is 14.9. The molecule has 0 aliphatic heterocycles. The molecule has 0 saturated heterocycles. The molecule has 1 unspecified atom stereocenters. The van der Waals surface area contributed by atoms with Gasteiger partial charge in [-0.1, -0.05) is 25.7 Å². The summed E-state index contributed by atoms with van der Waals surface area (Å²) in [5, 5.41) is 17.6. The summed E-state index contributed by atoms with van der Waals surface area (Å²) in [5.41, 5.74) is 0. The Morgan fingerprint density at radius 3 is 2.32 bits per heavy atom. The minimum Gasteiger partial charge on any atom is -0.480 e. The number of carboxylic acid groups (broad SMARTS) is 1. The van der Waals surface area contributed by atoms with Crippen LogP contribution in [0.15, 0.2) is 0 Å². The van der Waals surface area contributed by atoms with Gasteiger partial charge in [0.15, 0.2) is 0 Å². The number of carbonyl (C=O) groups is 3. The van der Waals surface area contributed by atoms with Gasteiger partial charge in [0.25, 0.3) is 0 Å². The largest absolute Gasteiger partial charge is 0.480 e. The molecular weight excluding hydrogens is 322 g/mol. The maximum atomic E-state index is 11.8. The Hall–Kier alpha value is -1.79. The second kappa shape index (κ2) is 10.3. The van der Waals surface area contributed by atoms with Crippen LogP contribution in [0.2, 0.25) is 0 Å². The van der Waals surface area contributed by atoms with Crippen molar-refractivity contribution in [2.45, 2.75) is 82.7 Å². The Kier molecular flexibility index (Phi) is 8.01. The van der Waals surface area contributed by atoms with Gasteiger partial charge >= 0.3 is 12.0 Å². The van der Waals surface area contributed by atoms with Gasteiger partial charge in [0.1, 0.15) is 6.04 Å². The Bertz CT molecular complexity index is 459. The molecule has 7 nitrogen and oxygen atoms in total. The van der Waals surface area contributed by atoms with Crippen LogP contribution >= 0.6 is 0 Å². The molecule has 0 bridgehead atoms. The van der Waals surface area contributed by atoms with Crippen LogP contribution in [-0.2, 0) is 9.59 Å². The zero-order chi connectivity index (χ0) is 18.1. The highest BCUT2D eigenvalue weighted by molar-refractivity contribution is 5.84. The highest BCUT2D eigenvalue weighted by Gasteiger charge is 2.37. The number of carbonyl (C=O) groups excluding carboxylic acids is 2. The first-order valence-corrected chi connectivity index (χ1v) is 9.63. The quantitative estimate of drug-likeness (QED) is 0.451. The fourth-order valence-corrected chi connectivity index (χ4v) is 3.33. The fraction of sp³-hybridized carbons (Fsp3) is 0.833. The number of hydrogen-bond acceptors (Lipinski definition) is 3. The smallest absolute Gasteiger partial charge is 0.326 e. The molecule has 4 N–H and O–H groups in total. The molecule has 1 atom stereocenters. The van der Waals surface area contributed by atoms with E-state index >= 15 is 0 Å². The van der Waals surface area contributed by atoms with Crippen molar-refractivity contribution in [3.05, 3.63) is 0 Å². The second-order valence-corrected chi connectivity index (χ2v) is 7.27. The number of amides is 3. The third-order valence-electron chi connectivity index (χ3n) is 4.98. The van der Waals surface area contributed by atoms with Crippen LogP contribution in [0.5, 0.6) is 0 Å². The minimum atomic E-state index is -0.941. The molecule has 2 fully saturated rings. The first-order valence-electron chi connectivity index (χ1n) is 9.63. The van der Waals surface area contributed by atoms with Gasteiger partial charge < -0.3 is 21.1 Å². The summed E-state index contributed by atoms with van der Waals surface area (Å²) >= 11 is 0. The molecule has 2 aliphatic carbocycles. The van der Waals surface area contributed by atoms with Crippen LogP contribution in [0.25, 0.3) is 0 Å². The normalized spacial score (nSPS) is 19.0. The standard InChI is InChI=1S/C18H31N3O4/c22-15(21-16(17(23)24)13-10-11-13)9-5-2-6-12-19-18(25)20-14-7-3-1-4-8-14/h13-14,16H,1-12H2,(H,21,22)(H,23,24)(H2,19,20,25). The maximum Gasteiger partial charge on any atom is 0.326 e. The third kappa shape index (κ3) is 7.75. The summed E-state index contributed by atoms with van der Waals surface area (Å²) < 4.78 is 0. The minimum absolute atomic E-state index is 0.0987. The van der Waals surface area contributed by atoms with E-state index < -0.39 is 12.0 Å². The first-order chi connectivity index (χ1) is 12.1. The Morgan fingerprint density at radius 1 is 0.960 bits per heavy atom. The summed E-state index contributed by atoms with van der Waals surface area (Å²) in [6.07, 6.45) is 10.2. The van der Waals surface area contributed by atoms with Gasteiger partial charge in [-0.3, -0.25) is 4.79 Å². The summed E-state index contributed by atoms with van der Waals surface area (Å²) in [5.74, 6) is -1.03. The molecule has 0 aromatic heterocycles. The van der Waals surface area contributed by atoms with Crippen molar-refractivity contribution >= 4 is 17.9 Å². The molecule has 25 heavy (non-hydrogen) atoms. The number of unbranched alkanes of at least 4 members (excludes halogenated alkanes) is 2. The van der Waals surface area contributed by atoms with E-state index in [9.17, 15) is 14.4 Å². The summed E-state index contributed by atoms with van der Waals surface area (Å²) in [4.78, 5) is 34.6. The van der Waals surface area contributed by atoms with Gasteiger partial charge in [-0.15, -0.1) is 0 Å². The van der Waals surface area contributed by atoms with Crippen molar-refractivity contribution in [2.24, 2.45) is 5.92 Å². The lowest BCUT2D eigenvalue weighted by Crippen LogP contribution is -2.43. The predicted molar refractivity (Wildman–Crippen MR) is 94.2 cm³/mol. The average Bonchev–Trinajstić information content (AvgIpc) is 3.41. The lowest BCUT2D eigenvalue weighted by Gasteiger charge is -2.22. The Morgan fingerprint density at radius 2 is 1.68 bits per heavy atom.